The first kappa shape index (κ1) is 13.8. The molecule has 2 aromatic carbocycles. The van der Waals surface area contributed by atoms with Gasteiger partial charge in [-0.05, 0) is 17.7 Å². The van der Waals surface area contributed by atoms with Gasteiger partial charge in [0.1, 0.15) is 33.8 Å². The molecule has 1 heterocycles. The van der Waals surface area contributed by atoms with Crippen LogP contribution < -0.4 is 10.5 Å². The molecule has 0 bridgehead atoms. The Morgan fingerprint density at radius 2 is 1.64 bits per heavy atom. The second kappa shape index (κ2) is 4.97. The first-order valence-corrected chi connectivity index (χ1v) is 6.15. The smallest absolute Gasteiger partial charge is 0.347 e. The molecule has 0 fully saturated rings. The summed E-state index contributed by atoms with van der Waals surface area (Å²) in [6.45, 7) is 0. The largest absolute Gasteiger partial charge is 0.508 e. The first-order valence-electron chi connectivity index (χ1n) is 6.15. The van der Waals surface area contributed by atoms with Crippen molar-refractivity contribution < 1.29 is 29.9 Å². The summed E-state index contributed by atoms with van der Waals surface area (Å²) in [5.41, 5.74) is -0.835. The standard InChI is InChI=1S/C15H10O7/c16-8-3-1-7(2-4-8)12-14(18)13-10(21-15(12)19)5-9(17)6-11(13)22-20/h1-6,16-18,20H. The van der Waals surface area contributed by atoms with Gasteiger partial charge in [-0.1, -0.05) is 12.1 Å². The van der Waals surface area contributed by atoms with Crippen LogP contribution in [0.4, 0.5) is 0 Å². The summed E-state index contributed by atoms with van der Waals surface area (Å²) >= 11 is 0. The summed E-state index contributed by atoms with van der Waals surface area (Å²) in [6.07, 6.45) is 0. The van der Waals surface area contributed by atoms with Crippen molar-refractivity contribution in [1.29, 1.82) is 0 Å². The van der Waals surface area contributed by atoms with Gasteiger partial charge in [0.2, 0.25) is 0 Å². The van der Waals surface area contributed by atoms with Crippen molar-refractivity contribution in [3.63, 3.8) is 0 Å². The van der Waals surface area contributed by atoms with Crippen LogP contribution in [-0.2, 0) is 0 Å². The van der Waals surface area contributed by atoms with Gasteiger partial charge in [0, 0.05) is 12.1 Å². The van der Waals surface area contributed by atoms with Gasteiger partial charge in [0.15, 0.2) is 5.75 Å². The van der Waals surface area contributed by atoms with E-state index in [4.69, 9.17) is 9.67 Å². The normalized spacial score (nSPS) is 10.8. The Morgan fingerprint density at radius 3 is 2.27 bits per heavy atom. The second-order valence-corrected chi connectivity index (χ2v) is 4.57. The predicted octanol–water partition coefficient (Wildman–Crippen LogP) is 2.43. The van der Waals surface area contributed by atoms with Gasteiger partial charge >= 0.3 is 5.63 Å². The lowest BCUT2D eigenvalue weighted by Gasteiger charge is -2.09. The molecular formula is C15H10O7. The zero-order chi connectivity index (χ0) is 15.9. The third-order valence-corrected chi connectivity index (χ3v) is 3.19. The van der Waals surface area contributed by atoms with E-state index in [1.54, 1.807) is 0 Å². The van der Waals surface area contributed by atoms with E-state index in [0.29, 0.717) is 5.56 Å². The van der Waals surface area contributed by atoms with E-state index >= 15 is 0 Å². The van der Waals surface area contributed by atoms with Crippen molar-refractivity contribution in [3.8, 4) is 34.1 Å². The molecule has 0 amide bonds. The lowest BCUT2D eigenvalue weighted by atomic mass is 10.0. The molecule has 7 heteroatoms. The van der Waals surface area contributed by atoms with E-state index in [0.717, 1.165) is 12.1 Å². The Balaban J connectivity index is 2.39. The van der Waals surface area contributed by atoms with E-state index < -0.39 is 11.4 Å². The highest BCUT2D eigenvalue weighted by molar-refractivity contribution is 5.95. The number of hydrogen-bond donors (Lipinski definition) is 4. The van der Waals surface area contributed by atoms with Gasteiger partial charge in [0.25, 0.3) is 0 Å². The fraction of sp³-hybridized carbons (Fsp3) is 0. The van der Waals surface area contributed by atoms with Crippen molar-refractivity contribution >= 4 is 11.0 Å². The van der Waals surface area contributed by atoms with Crippen LogP contribution in [0.3, 0.4) is 0 Å². The highest BCUT2D eigenvalue weighted by Crippen LogP contribution is 2.40. The molecular weight excluding hydrogens is 292 g/mol. The van der Waals surface area contributed by atoms with E-state index in [1.807, 2.05) is 0 Å². The van der Waals surface area contributed by atoms with E-state index in [2.05, 4.69) is 4.89 Å². The Labute approximate surface area is 122 Å². The zero-order valence-corrected chi connectivity index (χ0v) is 11.0. The van der Waals surface area contributed by atoms with E-state index in [-0.39, 0.29) is 33.8 Å². The van der Waals surface area contributed by atoms with Crippen LogP contribution in [0.2, 0.25) is 0 Å². The minimum absolute atomic E-state index is 0.00211. The molecule has 0 unspecified atom stereocenters. The summed E-state index contributed by atoms with van der Waals surface area (Å²) in [5, 5.41) is 37.9. The molecule has 0 aliphatic rings. The lowest BCUT2D eigenvalue weighted by Crippen LogP contribution is -2.04. The fourth-order valence-electron chi connectivity index (χ4n) is 2.22. The highest BCUT2D eigenvalue weighted by atomic mass is 17.1. The van der Waals surface area contributed by atoms with E-state index in [9.17, 15) is 20.1 Å². The molecule has 0 aliphatic carbocycles. The van der Waals surface area contributed by atoms with Crippen LogP contribution in [-0.4, -0.2) is 20.6 Å². The number of benzene rings is 2. The van der Waals surface area contributed by atoms with Gasteiger partial charge in [-0.15, -0.1) is 0 Å². The molecule has 0 radical (unpaired) electrons. The van der Waals surface area contributed by atoms with Crippen molar-refractivity contribution in [3.05, 3.63) is 46.8 Å². The highest BCUT2D eigenvalue weighted by Gasteiger charge is 2.20. The SMILES string of the molecule is O=c1oc2cc(O)cc(OO)c2c(O)c1-c1ccc(O)cc1. The summed E-state index contributed by atoms with van der Waals surface area (Å²) in [5.74, 6) is -1.05. The lowest BCUT2D eigenvalue weighted by molar-refractivity contribution is -0.136. The van der Waals surface area contributed by atoms with Crippen molar-refractivity contribution in [2.45, 2.75) is 0 Å². The average Bonchev–Trinajstić information content (AvgIpc) is 2.47. The summed E-state index contributed by atoms with van der Waals surface area (Å²) in [6, 6.07) is 7.71. The topological polar surface area (TPSA) is 120 Å². The van der Waals surface area contributed by atoms with Gasteiger partial charge in [-0.3, -0.25) is 0 Å². The van der Waals surface area contributed by atoms with Crippen molar-refractivity contribution in [2.24, 2.45) is 0 Å². The average molecular weight is 302 g/mol. The molecule has 112 valence electrons. The molecule has 0 saturated carbocycles. The molecule has 3 aromatic rings. The fourth-order valence-corrected chi connectivity index (χ4v) is 2.22. The van der Waals surface area contributed by atoms with E-state index in [1.165, 1.54) is 24.3 Å². The quantitative estimate of drug-likeness (QED) is 0.326. The van der Waals surface area contributed by atoms with Crippen LogP contribution in [0.5, 0.6) is 23.0 Å². The third-order valence-electron chi connectivity index (χ3n) is 3.19. The Morgan fingerprint density at radius 1 is 0.955 bits per heavy atom. The number of hydrogen-bond acceptors (Lipinski definition) is 7. The maximum Gasteiger partial charge on any atom is 0.347 e. The third kappa shape index (κ3) is 2.09. The molecule has 0 saturated heterocycles. The van der Waals surface area contributed by atoms with Crippen LogP contribution in [0, 0.1) is 0 Å². The molecule has 0 spiro atoms. The van der Waals surface area contributed by atoms with Gasteiger partial charge < -0.3 is 24.6 Å². The second-order valence-electron chi connectivity index (χ2n) is 4.57. The Bertz CT molecular complexity index is 910. The predicted molar refractivity (Wildman–Crippen MR) is 76.2 cm³/mol. The minimum Gasteiger partial charge on any atom is -0.508 e. The number of phenolic OH excluding ortho intramolecular Hbond substituents is 2. The monoisotopic (exact) mass is 302 g/mol. The van der Waals surface area contributed by atoms with Gasteiger partial charge in [-0.25, -0.2) is 10.1 Å². The number of fused-ring (bicyclic) bond motifs is 1. The Kier molecular flexibility index (Phi) is 3.11. The van der Waals surface area contributed by atoms with Crippen LogP contribution in [0.1, 0.15) is 0 Å². The number of aromatic hydroxyl groups is 3. The van der Waals surface area contributed by atoms with Gasteiger partial charge in [0.05, 0.1) is 0 Å². The summed E-state index contributed by atoms with van der Waals surface area (Å²) < 4.78 is 5.05. The maximum atomic E-state index is 12.1. The Hall–Kier alpha value is -3.19. The van der Waals surface area contributed by atoms with Crippen molar-refractivity contribution in [2.75, 3.05) is 0 Å². The molecule has 22 heavy (non-hydrogen) atoms. The van der Waals surface area contributed by atoms with Gasteiger partial charge in [-0.2, -0.15) is 0 Å². The van der Waals surface area contributed by atoms with Crippen molar-refractivity contribution in [1.82, 2.24) is 0 Å². The summed E-state index contributed by atoms with van der Waals surface area (Å²) in [7, 11) is 0. The number of phenols is 2. The molecule has 1 aromatic heterocycles. The minimum atomic E-state index is -0.842. The zero-order valence-electron chi connectivity index (χ0n) is 11.0. The summed E-state index contributed by atoms with van der Waals surface area (Å²) in [4.78, 5) is 16.2. The first-order chi connectivity index (χ1) is 10.5. The molecule has 0 aliphatic heterocycles. The molecule has 4 N–H and O–H groups in total. The molecule has 3 rings (SSSR count). The maximum absolute atomic E-state index is 12.1. The molecule has 0 atom stereocenters. The van der Waals surface area contributed by atoms with Crippen LogP contribution in [0.15, 0.2) is 45.6 Å². The molecule has 7 nitrogen and oxygen atoms in total. The van der Waals surface area contributed by atoms with Crippen LogP contribution >= 0.6 is 0 Å². The number of rotatable bonds is 2. The van der Waals surface area contributed by atoms with Crippen LogP contribution in [0.25, 0.3) is 22.1 Å².